The van der Waals surface area contributed by atoms with E-state index in [0.717, 1.165) is 19.3 Å². The van der Waals surface area contributed by atoms with Gasteiger partial charge in [-0.3, -0.25) is 4.79 Å². The summed E-state index contributed by atoms with van der Waals surface area (Å²) < 4.78 is 0. The van der Waals surface area contributed by atoms with E-state index >= 15 is 0 Å². The third kappa shape index (κ3) is 3.98. The molecule has 1 heterocycles. The van der Waals surface area contributed by atoms with E-state index in [2.05, 4.69) is 0 Å². The Hall–Kier alpha value is -1.14. The van der Waals surface area contributed by atoms with Gasteiger partial charge in [0.05, 0.1) is 6.10 Å². The molecule has 1 rings (SSSR count). The molecule has 0 bridgehead atoms. The highest BCUT2D eigenvalue weighted by Gasteiger charge is 2.38. The van der Waals surface area contributed by atoms with Gasteiger partial charge in [-0.25, -0.2) is 4.79 Å². The first-order valence-electron chi connectivity index (χ1n) is 5.96. The lowest BCUT2D eigenvalue weighted by atomic mass is 10.1. The number of likely N-dealkylation sites (tertiary alicyclic amines) is 1. The molecule has 1 aliphatic rings. The molecule has 0 aromatic carbocycles. The highest BCUT2D eigenvalue weighted by atomic mass is 16.4. The summed E-state index contributed by atoms with van der Waals surface area (Å²) in [6.07, 6.45) is 2.20. The second-order valence-electron chi connectivity index (χ2n) is 4.39. The molecule has 4 N–H and O–H groups in total. The summed E-state index contributed by atoms with van der Waals surface area (Å²) in [6.45, 7) is 0.737. The summed E-state index contributed by atoms with van der Waals surface area (Å²) in [5.41, 5.74) is 5.34. The predicted octanol–water partition coefficient (Wildman–Crippen LogP) is -0.448. The average molecular weight is 244 g/mol. The lowest BCUT2D eigenvalue weighted by Gasteiger charge is -2.21. The van der Waals surface area contributed by atoms with Gasteiger partial charge in [-0.05, 0) is 19.4 Å². The maximum atomic E-state index is 11.8. The molecule has 1 amide bonds. The molecule has 1 unspecified atom stereocenters. The largest absolute Gasteiger partial charge is 0.480 e. The average Bonchev–Trinajstić information content (AvgIpc) is 2.66. The fourth-order valence-electron chi connectivity index (χ4n) is 2.06. The zero-order chi connectivity index (χ0) is 12.8. The number of aliphatic hydroxyl groups is 1. The van der Waals surface area contributed by atoms with Gasteiger partial charge in [-0.15, -0.1) is 0 Å². The minimum atomic E-state index is -1.04. The number of nitrogens with two attached hydrogens (primary N) is 1. The van der Waals surface area contributed by atoms with Crippen LogP contribution in [0.5, 0.6) is 0 Å². The number of β-amino-alcohol motifs (C(OH)–C–C–N with tert-alkyl or cyclic N) is 1. The maximum Gasteiger partial charge on any atom is 0.326 e. The first-order chi connectivity index (χ1) is 8.06. The number of rotatable bonds is 6. The van der Waals surface area contributed by atoms with Gasteiger partial charge in [-0.1, -0.05) is 6.42 Å². The molecule has 1 aliphatic heterocycles. The summed E-state index contributed by atoms with van der Waals surface area (Å²) in [4.78, 5) is 24.0. The van der Waals surface area contributed by atoms with Crippen LogP contribution in [0.25, 0.3) is 0 Å². The fraction of sp³-hybridized carbons (Fsp3) is 0.818. The number of unbranched alkanes of at least 4 members (excludes halogenated alkanes) is 2. The van der Waals surface area contributed by atoms with E-state index in [4.69, 9.17) is 10.8 Å². The molecule has 2 atom stereocenters. The van der Waals surface area contributed by atoms with E-state index in [-0.39, 0.29) is 18.9 Å². The smallest absolute Gasteiger partial charge is 0.326 e. The molecular formula is C11H20N2O4. The third-order valence-corrected chi connectivity index (χ3v) is 2.98. The van der Waals surface area contributed by atoms with Crippen molar-refractivity contribution in [2.24, 2.45) is 5.73 Å². The van der Waals surface area contributed by atoms with E-state index in [9.17, 15) is 14.7 Å². The standard InChI is InChI=1S/C11H20N2O4/c12-5-3-1-2-4-10(15)13-7-8(14)6-9(13)11(16)17/h8-9,14H,1-7,12H2,(H,16,17)/t8?,9-/m0/s1. The topological polar surface area (TPSA) is 104 Å². The van der Waals surface area contributed by atoms with Gasteiger partial charge in [-0.2, -0.15) is 0 Å². The van der Waals surface area contributed by atoms with Crippen molar-refractivity contribution in [3.63, 3.8) is 0 Å². The number of carbonyl (C=O) groups is 2. The predicted molar refractivity (Wildman–Crippen MR) is 61.3 cm³/mol. The molecule has 6 heteroatoms. The molecule has 1 fully saturated rings. The van der Waals surface area contributed by atoms with Gasteiger partial charge in [0.2, 0.25) is 5.91 Å². The number of carboxylic acids is 1. The number of amides is 1. The Morgan fingerprint density at radius 1 is 1.29 bits per heavy atom. The van der Waals surface area contributed by atoms with Crippen LogP contribution in [0, 0.1) is 0 Å². The number of hydrogen-bond donors (Lipinski definition) is 3. The van der Waals surface area contributed by atoms with Crippen molar-refractivity contribution >= 4 is 11.9 Å². The minimum absolute atomic E-state index is 0.129. The van der Waals surface area contributed by atoms with Crippen molar-refractivity contribution in [1.82, 2.24) is 4.90 Å². The lowest BCUT2D eigenvalue weighted by Crippen LogP contribution is -2.40. The van der Waals surface area contributed by atoms with Crippen LogP contribution < -0.4 is 5.73 Å². The molecule has 0 aromatic rings. The Morgan fingerprint density at radius 2 is 2.00 bits per heavy atom. The molecule has 6 nitrogen and oxygen atoms in total. The maximum absolute atomic E-state index is 11.8. The van der Waals surface area contributed by atoms with Crippen molar-refractivity contribution in [3.05, 3.63) is 0 Å². The highest BCUT2D eigenvalue weighted by Crippen LogP contribution is 2.19. The summed E-state index contributed by atoms with van der Waals surface area (Å²) in [6, 6.07) is -0.869. The first-order valence-corrected chi connectivity index (χ1v) is 5.96. The van der Waals surface area contributed by atoms with E-state index in [1.807, 2.05) is 0 Å². The molecule has 17 heavy (non-hydrogen) atoms. The molecule has 0 aliphatic carbocycles. The van der Waals surface area contributed by atoms with Crippen LogP contribution in [0.2, 0.25) is 0 Å². The first kappa shape index (κ1) is 13.9. The van der Waals surface area contributed by atoms with Crippen LogP contribution in [-0.2, 0) is 9.59 Å². The van der Waals surface area contributed by atoms with Gasteiger partial charge in [0.1, 0.15) is 6.04 Å². The van der Waals surface area contributed by atoms with E-state index < -0.39 is 18.1 Å². The second kappa shape index (κ2) is 6.56. The van der Waals surface area contributed by atoms with E-state index in [1.165, 1.54) is 4.90 Å². The quantitative estimate of drug-likeness (QED) is 0.549. The van der Waals surface area contributed by atoms with E-state index in [1.54, 1.807) is 0 Å². The Balaban J connectivity index is 2.41. The molecule has 0 radical (unpaired) electrons. The van der Waals surface area contributed by atoms with Crippen molar-refractivity contribution < 1.29 is 19.8 Å². The second-order valence-corrected chi connectivity index (χ2v) is 4.39. The zero-order valence-corrected chi connectivity index (χ0v) is 9.84. The minimum Gasteiger partial charge on any atom is -0.480 e. The Labute approximate surface area is 100 Å². The Kier molecular flexibility index (Phi) is 5.37. The Morgan fingerprint density at radius 3 is 2.59 bits per heavy atom. The van der Waals surface area contributed by atoms with Crippen LogP contribution in [0.1, 0.15) is 32.1 Å². The van der Waals surface area contributed by atoms with Crippen LogP contribution >= 0.6 is 0 Å². The molecule has 1 saturated heterocycles. The molecule has 0 spiro atoms. The molecule has 0 saturated carbocycles. The monoisotopic (exact) mass is 244 g/mol. The lowest BCUT2D eigenvalue weighted by molar-refractivity contribution is -0.148. The SMILES string of the molecule is NCCCCCC(=O)N1CC(O)C[C@H]1C(=O)O. The summed E-state index contributed by atoms with van der Waals surface area (Å²) >= 11 is 0. The summed E-state index contributed by atoms with van der Waals surface area (Å²) in [5.74, 6) is -1.23. The zero-order valence-electron chi connectivity index (χ0n) is 9.84. The molecule has 0 aromatic heterocycles. The summed E-state index contributed by atoms with van der Waals surface area (Å²) in [7, 11) is 0. The molecule has 98 valence electrons. The van der Waals surface area contributed by atoms with Gasteiger partial charge >= 0.3 is 5.97 Å². The highest BCUT2D eigenvalue weighted by molar-refractivity contribution is 5.84. The number of aliphatic hydroxyl groups excluding tert-OH is 1. The van der Waals surface area contributed by atoms with Crippen LogP contribution in [0.4, 0.5) is 0 Å². The molecular weight excluding hydrogens is 224 g/mol. The third-order valence-electron chi connectivity index (χ3n) is 2.98. The Bertz CT molecular complexity index is 283. The van der Waals surface area contributed by atoms with Crippen LogP contribution in [-0.4, -0.2) is 52.2 Å². The number of hydrogen-bond acceptors (Lipinski definition) is 4. The van der Waals surface area contributed by atoms with Gasteiger partial charge in [0, 0.05) is 19.4 Å². The van der Waals surface area contributed by atoms with Crippen LogP contribution in [0.3, 0.4) is 0 Å². The van der Waals surface area contributed by atoms with Gasteiger partial charge in [0.15, 0.2) is 0 Å². The van der Waals surface area contributed by atoms with Crippen molar-refractivity contribution in [2.75, 3.05) is 13.1 Å². The van der Waals surface area contributed by atoms with Gasteiger partial charge in [0.25, 0.3) is 0 Å². The summed E-state index contributed by atoms with van der Waals surface area (Å²) in [5, 5.41) is 18.3. The van der Waals surface area contributed by atoms with Crippen LogP contribution in [0.15, 0.2) is 0 Å². The van der Waals surface area contributed by atoms with Crippen molar-refractivity contribution in [2.45, 2.75) is 44.2 Å². The van der Waals surface area contributed by atoms with Crippen molar-refractivity contribution in [3.8, 4) is 0 Å². The fourth-order valence-corrected chi connectivity index (χ4v) is 2.06. The van der Waals surface area contributed by atoms with Gasteiger partial charge < -0.3 is 20.8 Å². The van der Waals surface area contributed by atoms with Crippen molar-refractivity contribution in [1.29, 1.82) is 0 Å². The van der Waals surface area contributed by atoms with E-state index in [0.29, 0.717) is 13.0 Å². The number of carbonyl (C=O) groups excluding carboxylic acids is 1. The number of carboxylic acid groups (broad SMARTS) is 1. The normalized spacial score (nSPS) is 24.0. The number of aliphatic carboxylic acids is 1. The number of nitrogens with zero attached hydrogens (tertiary/aromatic N) is 1.